The van der Waals surface area contributed by atoms with Gasteiger partial charge in [0.15, 0.2) is 0 Å². The van der Waals surface area contributed by atoms with Crippen molar-refractivity contribution in [1.82, 2.24) is 0 Å². The third-order valence-corrected chi connectivity index (χ3v) is 2.52. The van der Waals surface area contributed by atoms with E-state index in [1.807, 2.05) is 0 Å². The summed E-state index contributed by atoms with van der Waals surface area (Å²) in [6, 6.07) is 0. The molecule has 0 fully saturated rings. The normalized spacial score (nSPS) is 13.5. The lowest BCUT2D eigenvalue weighted by Gasteiger charge is -2.17. The van der Waals surface area contributed by atoms with Crippen molar-refractivity contribution in [3.63, 3.8) is 0 Å². The summed E-state index contributed by atoms with van der Waals surface area (Å²) in [5.41, 5.74) is 0.721. The van der Waals surface area contributed by atoms with Gasteiger partial charge in [0.25, 0.3) is 0 Å². The van der Waals surface area contributed by atoms with Gasteiger partial charge in [-0.15, -0.1) is 0 Å². The molecular formula is C16H32O. The van der Waals surface area contributed by atoms with Crippen LogP contribution in [0, 0.1) is 10.8 Å². The van der Waals surface area contributed by atoms with Crippen LogP contribution in [0.4, 0.5) is 0 Å². The van der Waals surface area contributed by atoms with E-state index in [2.05, 4.69) is 53.7 Å². The van der Waals surface area contributed by atoms with Crippen molar-refractivity contribution < 1.29 is 4.74 Å². The molecule has 0 aromatic heterocycles. The van der Waals surface area contributed by atoms with Gasteiger partial charge < -0.3 is 4.74 Å². The fourth-order valence-electron chi connectivity index (χ4n) is 1.38. The molecule has 0 aliphatic rings. The van der Waals surface area contributed by atoms with Crippen LogP contribution >= 0.6 is 0 Å². The van der Waals surface area contributed by atoms with Crippen molar-refractivity contribution in [3.8, 4) is 0 Å². The Labute approximate surface area is 109 Å². The van der Waals surface area contributed by atoms with Gasteiger partial charge in [0, 0.05) is 13.2 Å². The van der Waals surface area contributed by atoms with Crippen molar-refractivity contribution in [2.75, 3.05) is 13.2 Å². The van der Waals surface area contributed by atoms with Crippen molar-refractivity contribution >= 4 is 0 Å². The van der Waals surface area contributed by atoms with Crippen molar-refractivity contribution in [3.05, 3.63) is 12.2 Å². The number of rotatable bonds is 7. The van der Waals surface area contributed by atoms with Crippen LogP contribution in [-0.2, 0) is 4.74 Å². The molecule has 0 aromatic carbocycles. The summed E-state index contributed by atoms with van der Waals surface area (Å²) in [6.07, 6.45) is 9.35. The Kier molecular flexibility index (Phi) is 7.78. The Balaban J connectivity index is 3.28. The molecule has 0 rings (SSSR count). The average Bonchev–Trinajstić information content (AvgIpc) is 2.11. The largest absolute Gasteiger partial charge is 0.381 e. The van der Waals surface area contributed by atoms with Crippen LogP contribution in [0.15, 0.2) is 12.2 Å². The third-order valence-electron chi connectivity index (χ3n) is 2.52. The van der Waals surface area contributed by atoms with E-state index in [9.17, 15) is 0 Å². The molecule has 0 spiro atoms. The predicted molar refractivity (Wildman–Crippen MR) is 77.3 cm³/mol. The van der Waals surface area contributed by atoms with Crippen LogP contribution in [0.3, 0.4) is 0 Å². The molecule has 0 aliphatic heterocycles. The molecule has 1 heteroatoms. The summed E-state index contributed by atoms with van der Waals surface area (Å²) >= 11 is 0. The highest BCUT2D eigenvalue weighted by molar-refractivity contribution is 4.91. The SMILES string of the molecule is CC(C)(C)/C=C/CCCCOCCC(C)(C)C. The second-order valence-electron chi connectivity index (χ2n) is 7.19. The summed E-state index contributed by atoms with van der Waals surface area (Å²) in [5, 5.41) is 0. The molecule has 0 bridgehead atoms. The highest BCUT2D eigenvalue weighted by atomic mass is 16.5. The zero-order valence-corrected chi connectivity index (χ0v) is 12.8. The highest BCUT2D eigenvalue weighted by Crippen LogP contribution is 2.18. The molecule has 0 unspecified atom stereocenters. The topological polar surface area (TPSA) is 9.23 Å². The quantitative estimate of drug-likeness (QED) is 0.438. The summed E-state index contributed by atoms with van der Waals surface area (Å²) in [4.78, 5) is 0. The first-order valence-corrected chi connectivity index (χ1v) is 6.96. The molecule has 0 radical (unpaired) electrons. The molecule has 0 heterocycles. The minimum atomic E-state index is 0.323. The van der Waals surface area contributed by atoms with Crippen LogP contribution in [-0.4, -0.2) is 13.2 Å². The van der Waals surface area contributed by atoms with E-state index < -0.39 is 0 Å². The highest BCUT2D eigenvalue weighted by Gasteiger charge is 2.08. The Morgan fingerprint density at radius 1 is 0.882 bits per heavy atom. The smallest absolute Gasteiger partial charge is 0.0471 e. The molecule has 0 saturated carbocycles. The van der Waals surface area contributed by atoms with Crippen molar-refractivity contribution in [2.24, 2.45) is 10.8 Å². The van der Waals surface area contributed by atoms with E-state index >= 15 is 0 Å². The van der Waals surface area contributed by atoms with Crippen LogP contribution in [0.2, 0.25) is 0 Å². The first-order valence-electron chi connectivity index (χ1n) is 6.96. The lowest BCUT2D eigenvalue weighted by molar-refractivity contribution is 0.105. The van der Waals surface area contributed by atoms with E-state index in [4.69, 9.17) is 4.74 Å². The zero-order valence-electron chi connectivity index (χ0n) is 12.8. The number of hydrogen-bond acceptors (Lipinski definition) is 1. The first-order chi connectivity index (χ1) is 7.71. The summed E-state index contributed by atoms with van der Waals surface area (Å²) in [5.74, 6) is 0. The monoisotopic (exact) mass is 240 g/mol. The van der Waals surface area contributed by atoms with Gasteiger partial charge in [0.2, 0.25) is 0 Å². The molecule has 102 valence electrons. The van der Waals surface area contributed by atoms with Gasteiger partial charge in [0.1, 0.15) is 0 Å². The second kappa shape index (κ2) is 7.92. The maximum absolute atomic E-state index is 5.63. The first kappa shape index (κ1) is 16.7. The molecule has 0 N–H and O–H groups in total. The molecular weight excluding hydrogens is 208 g/mol. The maximum atomic E-state index is 5.63. The predicted octanol–water partition coefficient (Wildman–Crippen LogP) is 5.21. The molecule has 1 nitrogen and oxygen atoms in total. The van der Waals surface area contributed by atoms with Crippen molar-refractivity contribution in [1.29, 1.82) is 0 Å². The fourth-order valence-corrected chi connectivity index (χ4v) is 1.38. The molecule has 0 aliphatic carbocycles. The fraction of sp³-hybridized carbons (Fsp3) is 0.875. The van der Waals surface area contributed by atoms with Crippen LogP contribution in [0.1, 0.15) is 67.2 Å². The number of ether oxygens (including phenoxy) is 1. The Bertz CT molecular complexity index is 203. The molecule has 0 saturated heterocycles. The van der Waals surface area contributed by atoms with E-state index in [0.29, 0.717) is 10.8 Å². The van der Waals surface area contributed by atoms with Crippen molar-refractivity contribution in [2.45, 2.75) is 67.2 Å². The summed E-state index contributed by atoms with van der Waals surface area (Å²) in [6.45, 7) is 15.3. The van der Waals surface area contributed by atoms with E-state index in [-0.39, 0.29) is 0 Å². The number of hydrogen-bond donors (Lipinski definition) is 0. The lowest BCUT2D eigenvalue weighted by Crippen LogP contribution is -2.09. The minimum Gasteiger partial charge on any atom is -0.381 e. The van der Waals surface area contributed by atoms with Gasteiger partial charge in [-0.25, -0.2) is 0 Å². The van der Waals surface area contributed by atoms with Crippen LogP contribution < -0.4 is 0 Å². The van der Waals surface area contributed by atoms with Crippen LogP contribution in [0.5, 0.6) is 0 Å². The lowest BCUT2D eigenvalue weighted by atomic mass is 9.93. The summed E-state index contributed by atoms with van der Waals surface area (Å²) < 4.78 is 5.63. The van der Waals surface area contributed by atoms with Gasteiger partial charge in [-0.1, -0.05) is 53.7 Å². The molecule has 17 heavy (non-hydrogen) atoms. The number of allylic oxidation sites excluding steroid dienone is 2. The van der Waals surface area contributed by atoms with Gasteiger partial charge in [-0.05, 0) is 36.5 Å². The average molecular weight is 240 g/mol. The standard InChI is InChI=1S/C16H32O/c1-15(2,3)11-9-7-8-10-13-17-14-12-16(4,5)6/h9,11H,7-8,10,12-14H2,1-6H3/b11-9+. The van der Waals surface area contributed by atoms with Crippen LogP contribution in [0.25, 0.3) is 0 Å². The van der Waals surface area contributed by atoms with E-state index in [1.165, 1.54) is 19.3 Å². The van der Waals surface area contributed by atoms with Gasteiger partial charge in [-0.3, -0.25) is 0 Å². The van der Waals surface area contributed by atoms with E-state index in [0.717, 1.165) is 19.6 Å². The number of unbranched alkanes of at least 4 members (excludes halogenated alkanes) is 2. The Morgan fingerprint density at radius 3 is 2.06 bits per heavy atom. The minimum absolute atomic E-state index is 0.323. The molecule has 0 atom stereocenters. The molecule has 0 aromatic rings. The Hall–Kier alpha value is -0.300. The molecule has 0 amide bonds. The van der Waals surface area contributed by atoms with Gasteiger partial charge in [0.05, 0.1) is 0 Å². The maximum Gasteiger partial charge on any atom is 0.0471 e. The zero-order chi connectivity index (χ0) is 13.4. The third kappa shape index (κ3) is 15.7. The van der Waals surface area contributed by atoms with E-state index in [1.54, 1.807) is 0 Å². The van der Waals surface area contributed by atoms with Gasteiger partial charge in [-0.2, -0.15) is 0 Å². The second-order valence-corrected chi connectivity index (χ2v) is 7.19. The summed E-state index contributed by atoms with van der Waals surface area (Å²) in [7, 11) is 0. The Morgan fingerprint density at radius 2 is 1.53 bits per heavy atom. The van der Waals surface area contributed by atoms with Gasteiger partial charge >= 0.3 is 0 Å².